The minimum atomic E-state index is -0.741. The summed E-state index contributed by atoms with van der Waals surface area (Å²) >= 11 is 0. The summed E-state index contributed by atoms with van der Waals surface area (Å²) in [5.41, 5.74) is 1.06. The maximum atomic E-state index is 12.5. The van der Waals surface area contributed by atoms with Gasteiger partial charge in [-0.05, 0) is 38.3 Å². The van der Waals surface area contributed by atoms with Gasteiger partial charge in [-0.25, -0.2) is 0 Å². The van der Waals surface area contributed by atoms with Crippen LogP contribution in [0.15, 0.2) is 30.3 Å². The molecule has 27 heavy (non-hydrogen) atoms. The second-order valence-electron chi connectivity index (χ2n) is 8.03. The lowest BCUT2D eigenvalue weighted by Gasteiger charge is -2.31. The number of benzene rings is 1. The van der Waals surface area contributed by atoms with Crippen LogP contribution in [0.4, 0.5) is 0 Å². The number of rotatable bonds is 6. The van der Waals surface area contributed by atoms with Crippen molar-refractivity contribution in [2.75, 3.05) is 20.1 Å². The van der Waals surface area contributed by atoms with E-state index >= 15 is 0 Å². The first kappa shape index (κ1) is 19.9. The fraction of sp³-hybridized carbons (Fsp3) is 0.636. The van der Waals surface area contributed by atoms with Crippen molar-refractivity contribution in [2.24, 2.45) is 5.92 Å². The van der Waals surface area contributed by atoms with E-state index in [1.165, 1.54) is 32.1 Å². The molecule has 0 N–H and O–H groups in total. The number of ether oxygens (including phenoxy) is 1. The van der Waals surface area contributed by atoms with Crippen molar-refractivity contribution in [2.45, 2.75) is 64.1 Å². The Bertz CT molecular complexity index is 628. The molecule has 0 spiro atoms. The van der Waals surface area contributed by atoms with Crippen molar-refractivity contribution >= 4 is 11.9 Å². The van der Waals surface area contributed by atoms with E-state index in [9.17, 15) is 9.59 Å². The Balaban J connectivity index is 1.46. The SMILES string of the molecule is C[C@H](OC(=O)[C@H]1CCN(C2CCCCC2)C1)C(=O)N(C)Cc1ccccc1. The molecule has 1 heterocycles. The summed E-state index contributed by atoms with van der Waals surface area (Å²) in [4.78, 5) is 29.2. The molecule has 1 amide bonds. The van der Waals surface area contributed by atoms with Gasteiger partial charge in [-0.2, -0.15) is 0 Å². The van der Waals surface area contributed by atoms with Crippen molar-refractivity contribution in [3.8, 4) is 0 Å². The predicted molar refractivity (Wildman–Crippen MR) is 105 cm³/mol. The van der Waals surface area contributed by atoms with Gasteiger partial charge in [-0.3, -0.25) is 14.5 Å². The van der Waals surface area contributed by atoms with E-state index in [1.807, 2.05) is 30.3 Å². The van der Waals surface area contributed by atoms with Crippen LogP contribution in [0.3, 0.4) is 0 Å². The molecule has 5 nitrogen and oxygen atoms in total. The number of carbonyl (C=O) groups excluding carboxylic acids is 2. The molecule has 148 valence electrons. The predicted octanol–water partition coefficient (Wildman–Crippen LogP) is 3.23. The number of amides is 1. The van der Waals surface area contributed by atoms with E-state index in [2.05, 4.69) is 4.90 Å². The highest BCUT2D eigenvalue weighted by molar-refractivity contribution is 5.84. The zero-order valence-corrected chi connectivity index (χ0v) is 16.6. The van der Waals surface area contributed by atoms with Gasteiger partial charge in [-0.15, -0.1) is 0 Å². The molecule has 1 aliphatic carbocycles. The van der Waals surface area contributed by atoms with Gasteiger partial charge in [0.1, 0.15) is 0 Å². The van der Waals surface area contributed by atoms with Crippen LogP contribution >= 0.6 is 0 Å². The van der Waals surface area contributed by atoms with Crippen LogP contribution in [-0.4, -0.2) is 54.0 Å². The largest absolute Gasteiger partial charge is 0.452 e. The van der Waals surface area contributed by atoms with E-state index < -0.39 is 6.10 Å². The second kappa shape index (κ2) is 9.36. The molecule has 1 aliphatic heterocycles. The van der Waals surface area contributed by atoms with Gasteiger partial charge in [0.05, 0.1) is 5.92 Å². The first-order valence-electron chi connectivity index (χ1n) is 10.3. The standard InChI is InChI=1S/C22H32N2O3/c1-17(21(25)23(2)15-18-9-5-3-6-10-18)27-22(26)19-13-14-24(16-19)20-11-7-4-8-12-20/h3,5-6,9-10,17,19-20H,4,7-8,11-16H2,1-2H3/t17-,19-/m0/s1. The smallest absolute Gasteiger partial charge is 0.311 e. The molecular weight excluding hydrogens is 340 g/mol. The zero-order valence-electron chi connectivity index (χ0n) is 16.6. The van der Waals surface area contributed by atoms with Crippen LogP contribution in [0.1, 0.15) is 51.0 Å². The Kier molecular flexibility index (Phi) is 6.89. The quantitative estimate of drug-likeness (QED) is 0.720. The highest BCUT2D eigenvalue weighted by Gasteiger charge is 2.35. The summed E-state index contributed by atoms with van der Waals surface area (Å²) in [5, 5.41) is 0. The maximum Gasteiger partial charge on any atom is 0.311 e. The lowest BCUT2D eigenvalue weighted by Crippen LogP contribution is -2.39. The molecule has 1 saturated heterocycles. The summed E-state index contributed by atoms with van der Waals surface area (Å²) < 4.78 is 5.53. The summed E-state index contributed by atoms with van der Waals surface area (Å²) in [6.07, 6.45) is 6.55. The van der Waals surface area contributed by atoms with Gasteiger partial charge in [-0.1, -0.05) is 49.6 Å². The van der Waals surface area contributed by atoms with Crippen molar-refractivity contribution in [3.63, 3.8) is 0 Å². The monoisotopic (exact) mass is 372 g/mol. The van der Waals surface area contributed by atoms with Gasteiger partial charge in [0, 0.05) is 26.2 Å². The molecule has 0 radical (unpaired) electrons. The molecule has 1 saturated carbocycles. The van der Waals surface area contributed by atoms with Gasteiger partial charge in [0.2, 0.25) is 0 Å². The number of likely N-dealkylation sites (tertiary alicyclic amines) is 1. The van der Waals surface area contributed by atoms with Crippen LogP contribution < -0.4 is 0 Å². The Morgan fingerprint density at radius 3 is 2.56 bits per heavy atom. The summed E-state index contributed by atoms with van der Waals surface area (Å²) in [5.74, 6) is -0.474. The number of esters is 1. The molecular formula is C22H32N2O3. The van der Waals surface area contributed by atoms with E-state index in [4.69, 9.17) is 4.74 Å². The van der Waals surface area contributed by atoms with Gasteiger partial charge in [0.15, 0.2) is 6.10 Å². The molecule has 5 heteroatoms. The van der Waals surface area contributed by atoms with Crippen LogP contribution in [0.25, 0.3) is 0 Å². The average molecular weight is 373 g/mol. The molecule has 2 fully saturated rings. The molecule has 3 rings (SSSR count). The number of hydrogen-bond donors (Lipinski definition) is 0. The maximum absolute atomic E-state index is 12.5. The van der Waals surface area contributed by atoms with E-state index in [0.29, 0.717) is 12.6 Å². The minimum absolute atomic E-state index is 0.0957. The lowest BCUT2D eigenvalue weighted by molar-refractivity contribution is -0.161. The van der Waals surface area contributed by atoms with Gasteiger partial charge >= 0.3 is 5.97 Å². The third kappa shape index (κ3) is 5.32. The molecule has 2 aliphatic rings. The number of carbonyl (C=O) groups is 2. The molecule has 2 atom stereocenters. The van der Waals surface area contributed by atoms with Crippen molar-refractivity contribution in [1.82, 2.24) is 9.80 Å². The zero-order chi connectivity index (χ0) is 19.2. The Hall–Kier alpha value is -1.88. The Labute approximate surface area is 162 Å². The van der Waals surface area contributed by atoms with E-state index in [0.717, 1.165) is 25.1 Å². The fourth-order valence-electron chi connectivity index (χ4n) is 4.32. The first-order valence-corrected chi connectivity index (χ1v) is 10.3. The van der Waals surface area contributed by atoms with Gasteiger partial charge < -0.3 is 9.64 Å². The fourth-order valence-corrected chi connectivity index (χ4v) is 4.32. The number of hydrogen-bond acceptors (Lipinski definition) is 4. The van der Waals surface area contributed by atoms with Crippen LogP contribution in [0.2, 0.25) is 0 Å². The van der Waals surface area contributed by atoms with Crippen LogP contribution in [0.5, 0.6) is 0 Å². The van der Waals surface area contributed by atoms with Crippen molar-refractivity contribution < 1.29 is 14.3 Å². The van der Waals surface area contributed by atoms with Crippen LogP contribution in [0, 0.1) is 5.92 Å². The number of likely N-dealkylation sites (N-methyl/N-ethyl adjacent to an activating group) is 1. The molecule has 1 aromatic rings. The molecule has 0 aromatic heterocycles. The average Bonchev–Trinajstić information content (AvgIpc) is 3.19. The minimum Gasteiger partial charge on any atom is -0.452 e. The molecule has 0 unspecified atom stereocenters. The van der Waals surface area contributed by atoms with E-state index in [-0.39, 0.29) is 17.8 Å². The van der Waals surface area contributed by atoms with Crippen molar-refractivity contribution in [1.29, 1.82) is 0 Å². The second-order valence-corrected chi connectivity index (χ2v) is 8.03. The molecule has 1 aromatic carbocycles. The summed E-state index contributed by atoms with van der Waals surface area (Å²) in [6.45, 7) is 3.95. The normalized spacial score (nSPS) is 22.4. The third-order valence-corrected chi connectivity index (χ3v) is 5.92. The Morgan fingerprint density at radius 2 is 1.85 bits per heavy atom. The first-order chi connectivity index (χ1) is 13.0. The molecule has 0 bridgehead atoms. The third-order valence-electron chi connectivity index (χ3n) is 5.92. The highest BCUT2D eigenvalue weighted by atomic mass is 16.5. The highest BCUT2D eigenvalue weighted by Crippen LogP contribution is 2.28. The Morgan fingerprint density at radius 1 is 1.15 bits per heavy atom. The lowest BCUT2D eigenvalue weighted by atomic mass is 9.94. The summed E-state index contributed by atoms with van der Waals surface area (Å²) in [7, 11) is 1.75. The number of nitrogens with zero attached hydrogens (tertiary/aromatic N) is 2. The van der Waals surface area contributed by atoms with E-state index in [1.54, 1.807) is 18.9 Å². The van der Waals surface area contributed by atoms with Crippen molar-refractivity contribution in [3.05, 3.63) is 35.9 Å². The van der Waals surface area contributed by atoms with Crippen LogP contribution in [-0.2, 0) is 20.9 Å². The topological polar surface area (TPSA) is 49.9 Å². The van der Waals surface area contributed by atoms with Gasteiger partial charge in [0.25, 0.3) is 5.91 Å². The summed E-state index contributed by atoms with van der Waals surface area (Å²) in [6, 6.07) is 10.5.